The molecule has 0 spiro atoms. The normalized spacial score (nSPS) is 10.3. The number of nitro groups is 1. The third-order valence-electron chi connectivity index (χ3n) is 2.79. The molecule has 0 fully saturated rings. The van der Waals surface area contributed by atoms with Crippen molar-refractivity contribution >= 4 is 21.6 Å². The molecule has 0 amide bonds. The predicted molar refractivity (Wildman–Crippen MR) is 77.2 cm³/mol. The van der Waals surface area contributed by atoms with Gasteiger partial charge in [-0.05, 0) is 34.1 Å². The first-order valence-electron chi connectivity index (χ1n) is 5.69. The van der Waals surface area contributed by atoms with Crippen LogP contribution >= 0.6 is 15.9 Å². The Morgan fingerprint density at radius 2 is 2.15 bits per heavy atom. The van der Waals surface area contributed by atoms with E-state index >= 15 is 0 Å². The van der Waals surface area contributed by atoms with Crippen LogP contribution in [0.25, 0.3) is 0 Å². The van der Waals surface area contributed by atoms with Crippen molar-refractivity contribution in [2.24, 2.45) is 0 Å². The molecule has 7 heteroatoms. The first-order valence-corrected chi connectivity index (χ1v) is 6.48. The van der Waals surface area contributed by atoms with Gasteiger partial charge >= 0.3 is 0 Å². The molecule has 1 aromatic heterocycles. The number of non-ortho nitro benzene ring substituents is 1. The molecule has 0 atom stereocenters. The molecular weight excluding hydrogens is 328 g/mol. The SMILES string of the molecule is COc1ccc([N+](=O)[O-])cc1Cn1cccc(Br)c1=O. The minimum absolute atomic E-state index is 0.0381. The predicted octanol–water partition coefficient (Wildman–Crippen LogP) is 2.58. The van der Waals surface area contributed by atoms with Gasteiger partial charge in [0.1, 0.15) is 5.75 Å². The van der Waals surface area contributed by atoms with E-state index in [4.69, 9.17) is 4.74 Å². The monoisotopic (exact) mass is 338 g/mol. The third-order valence-corrected chi connectivity index (χ3v) is 3.39. The molecule has 2 aromatic rings. The maximum atomic E-state index is 11.9. The Labute approximate surface area is 122 Å². The number of ether oxygens (including phenoxy) is 1. The lowest BCUT2D eigenvalue weighted by Gasteiger charge is -2.10. The summed E-state index contributed by atoms with van der Waals surface area (Å²) < 4.78 is 7.06. The molecule has 1 aromatic carbocycles. The number of rotatable bonds is 4. The molecule has 6 nitrogen and oxygen atoms in total. The quantitative estimate of drug-likeness (QED) is 0.634. The van der Waals surface area contributed by atoms with Gasteiger partial charge in [0, 0.05) is 23.9 Å². The van der Waals surface area contributed by atoms with Gasteiger partial charge < -0.3 is 9.30 Å². The molecule has 0 aliphatic carbocycles. The second-order valence-corrected chi connectivity index (χ2v) is 4.90. The summed E-state index contributed by atoms with van der Waals surface area (Å²) in [7, 11) is 1.48. The van der Waals surface area contributed by atoms with Crippen LogP contribution in [0.3, 0.4) is 0 Å². The van der Waals surface area contributed by atoms with Crippen LogP contribution in [0.2, 0.25) is 0 Å². The van der Waals surface area contributed by atoms with E-state index in [1.54, 1.807) is 18.3 Å². The molecule has 0 saturated heterocycles. The molecule has 0 radical (unpaired) electrons. The number of hydrogen-bond acceptors (Lipinski definition) is 4. The molecule has 20 heavy (non-hydrogen) atoms. The van der Waals surface area contributed by atoms with Crippen LogP contribution in [0, 0.1) is 10.1 Å². The Hall–Kier alpha value is -2.15. The number of hydrogen-bond donors (Lipinski definition) is 0. The average molecular weight is 339 g/mol. The summed E-state index contributed by atoms with van der Waals surface area (Å²) in [5.74, 6) is 0.502. The second-order valence-electron chi connectivity index (χ2n) is 4.04. The number of pyridine rings is 1. The van der Waals surface area contributed by atoms with Gasteiger partial charge in [-0.25, -0.2) is 0 Å². The maximum Gasteiger partial charge on any atom is 0.270 e. The zero-order chi connectivity index (χ0) is 14.7. The Bertz CT molecular complexity index is 712. The Kier molecular flexibility index (Phi) is 4.19. The summed E-state index contributed by atoms with van der Waals surface area (Å²) in [4.78, 5) is 22.3. The van der Waals surface area contributed by atoms with Crippen molar-refractivity contribution in [3.8, 4) is 5.75 Å². The number of benzene rings is 1. The van der Waals surface area contributed by atoms with E-state index in [0.717, 1.165) is 0 Å². The lowest BCUT2D eigenvalue weighted by Crippen LogP contribution is -2.20. The van der Waals surface area contributed by atoms with E-state index in [1.807, 2.05) is 0 Å². The molecule has 0 N–H and O–H groups in total. The fourth-order valence-corrected chi connectivity index (χ4v) is 2.20. The molecule has 0 aliphatic rings. The molecule has 0 saturated carbocycles. The van der Waals surface area contributed by atoms with Crippen molar-refractivity contribution in [1.82, 2.24) is 4.57 Å². The summed E-state index contributed by atoms with van der Waals surface area (Å²) in [6.07, 6.45) is 1.62. The molecule has 0 unspecified atom stereocenters. The van der Waals surface area contributed by atoms with Crippen LogP contribution in [0.4, 0.5) is 5.69 Å². The van der Waals surface area contributed by atoms with E-state index in [9.17, 15) is 14.9 Å². The van der Waals surface area contributed by atoms with E-state index in [2.05, 4.69) is 15.9 Å². The Morgan fingerprint density at radius 1 is 1.40 bits per heavy atom. The summed E-state index contributed by atoms with van der Waals surface area (Å²) in [5.41, 5.74) is 0.326. The van der Waals surface area contributed by atoms with Gasteiger partial charge in [-0.15, -0.1) is 0 Å². The fraction of sp³-hybridized carbons (Fsp3) is 0.154. The first-order chi connectivity index (χ1) is 9.52. The lowest BCUT2D eigenvalue weighted by atomic mass is 10.1. The average Bonchev–Trinajstić information content (AvgIpc) is 2.43. The molecule has 2 rings (SSSR count). The van der Waals surface area contributed by atoms with E-state index in [1.165, 1.54) is 29.9 Å². The Balaban J connectivity index is 2.46. The van der Waals surface area contributed by atoms with Crippen molar-refractivity contribution in [3.63, 3.8) is 0 Å². The molecule has 0 aliphatic heterocycles. The van der Waals surface area contributed by atoms with Gasteiger partial charge in [0.2, 0.25) is 0 Å². The highest BCUT2D eigenvalue weighted by Gasteiger charge is 2.12. The summed E-state index contributed by atoms with van der Waals surface area (Å²) in [6.45, 7) is 0.198. The van der Waals surface area contributed by atoms with E-state index in [0.29, 0.717) is 15.8 Å². The van der Waals surface area contributed by atoms with Crippen LogP contribution in [0.1, 0.15) is 5.56 Å². The fourth-order valence-electron chi connectivity index (χ4n) is 1.82. The second kappa shape index (κ2) is 5.87. The highest BCUT2D eigenvalue weighted by Crippen LogP contribution is 2.24. The highest BCUT2D eigenvalue weighted by molar-refractivity contribution is 9.10. The van der Waals surface area contributed by atoms with Gasteiger partial charge in [-0.2, -0.15) is 0 Å². The zero-order valence-corrected chi connectivity index (χ0v) is 12.2. The number of nitrogens with zero attached hydrogens (tertiary/aromatic N) is 2. The minimum Gasteiger partial charge on any atom is -0.496 e. The van der Waals surface area contributed by atoms with Crippen LogP contribution in [-0.2, 0) is 6.54 Å². The van der Waals surface area contributed by atoms with Crippen molar-refractivity contribution in [1.29, 1.82) is 0 Å². The maximum absolute atomic E-state index is 11.9. The zero-order valence-electron chi connectivity index (χ0n) is 10.6. The van der Waals surface area contributed by atoms with Crippen molar-refractivity contribution in [2.45, 2.75) is 6.54 Å². The summed E-state index contributed by atoms with van der Waals surface area (Å²) in [5, 5.41) is 10.8. The lowest BCUT2D eigenvalue weighted by molar-refractivity contribution is -0.384. The van der Waals surface area contributed by atoms with Crippen molar-refractivity contribution in [3.05, 3.63) is 67.0 Å². The molecule has 1 heterocycles. The van der Waals surface area contributed by atoms with Gasteiger partial charge in [0.15, 0.2) is 0 Å². The smallest absolute Gasteiger partial charge is 0.270 e. The largest absolute Gasteiger partial charge is 0.496 e. The molecule has 0 bridgehead atoms. The Morgan fingerprint density at radius 3 is 2.80 bits per heavy atom. The van der Waals surface area contributed by atoms with Gasteiger partial charge in [0.25, 0.3) is 11.2 Å². The van der Waals surface area contributed by atoms with Crippen LogP contribution in [0.5, 0.6) is 5.75 Å². The standard InChI is InChI=1S/C13H11BrN2O4/c1-20-12-5-4-10(16(18)19)7-9(12)8-15-6-2-3-11(14)13(15)17/h2-7H,8H2,1H3. The summed E-state index contributed by atoms with van der Waals surface area (Å²) >= 11 is 3.16. The van der Waals surface area contributed by atoms with Crippen molar-refractivity contribution in [2.75, 3.05) is 7.11 Å². The van der Waals surface area contributed by atoms with Crippen LogP contribution in [0.15, 0.2) is 45.8 Å². The summed E-state index contributed by atoms with van der Waals surface area (Å²) in [6, 6.07) is 7.66. The number of halogens is 1. The number of aromatic nitrogens is 1. The van der Waals surface area contributed by atoms with E-state index < -0.39 is 4.92 Å². The van der Waals surface area contributed by atoms with Crippen molar-refractivity contribution < 1.29 is 9.66 Å². The van der Waals surface area contributed by atoms with Gasteiger partial charge in [-0.3, -0.25) is 14.9 Å². The topological polar surface area (TPSA) is 74.4 Å². The van der Waals surface area contributed by atoms with Crippen LogP contribution in [-0.4, -0.2) is 16.6 Å². The van der Waals surface area contributed by atoms with Crippen LogP contribution < -0.4 is 10.3 Å². The number of methoxy groups -OCH3 is 1. The highest BCUT2D eigenvalue weighted by atomic mass is 79.9. The first kappa shape index (κ1) is 14.3. The molecular formula is C13H11BrN2O4. The number of nitro benzene ring substituents is 1. The van der Waals surface area contributed by atoms with E-state index in [-0.39, 0.29) is 17.8 Å². The van der Waals surface area contributed by atoms with Gasteiger partial charge in [0.05, 0.1) is 23.1 Å². The minimum atomic E-state index is -0.480. The third kappa shape index (κ3) is 2.88. The molecule has 104 valence electrons. The van der Waals surface area contributed by atoms with Gasteiger partial charge in [-0.1, -0.05) is 0 Å².